The molecular weight excluding hydrogens is 997 g/mol. The highest BCUT2D eigenvalue weighted by molar-refractivity contribution is 5.71. The van der Waals surface area contributed by atoms with Crippen molar-refractivity contribution < 1.29 is 28.6 Å². The molecule has 0 spiro atoms. The molecule has 0 aliphatic heterocycles. The maximum absolute atomic E-state index is 12.9. The summed E-state index contributed by atoms with van der Waals surface area (Å²) in [7, 11) is 0. The summed E-state index contributed by atoms with van der Waals surface area (Å²) in [6.45, 7) is 6.70. The molecule has 0 N–H and O–H groups in total. The van der Waals surface area contributed by atoms with E-state index >= 15 is 0 Å². The standard InChI is InChI=1S/C75H142O6/c1-4-7-10-13-16-19-22-25-28-30-31-32-33-34-35-36-37-38-39-40-41-42-43-44-45-48-50-53-56-59-62-65-68-74(77)80-71-72(70-79-73(76)67-64-61-58-55-52-49-46-27-24-21-18-15-12-9-6-3)81-75(78)69-66-63-60-57-54-51-47-29-26-23-20-17-14-11-8-5-2/h27,29,46-47,72H,4-26,28,30-45,48-71H2,1-3H3/b46-27-,47-29-. The Labute approximate surface area is 506 Å². The molecule has 0 bridgehead atoms. The number of ether oxygens (including phenoxy) is 3. The Balaban J connectivity index is 4.13. The zero-order valence-electron chi connectivity index (χ0n) is 55.1. The van der Waals surface area contributed by atoms with E-state index in [1.54, 1.807) is 0 Å². The normalized spacial score (nSPS) is 12.1. The molecule has 0 aromatic carbocycles. The Kier molecular flexibility index (Phi) is 68.5. The summed E-state index contributed by atoms with van der Waals surface area (Å²) >= 11 is 0. The average Bonchev–Trinajstić information content (AvgIpc) is 3.47. The fourth-order valence-corrected chi connectivity index (χ4v) is 11.4. The van der Waals surface area contributed by atoms with E-state index in [9.17, 15) is 14.4 Å². The van der Waals surface area contributed by atoms with Crippen LogP contribution >= 0.6 is 0 Å². The number of allylic oxidation sites excluding steroid dienone is 4. The van der Waals surface area contributed by atoms with Gasteiger partial charge in [0.2, 0.25) is 0 Å². The molecule has 0 amide bonds. The zero-order valence-corrected chi connectivity index (χ0v) is 55.1. The first kappa shape index (κ1) is 78.9. The highest BCUT2D eigenvalue weighted by Gasteiger charge is 2.19. The lowest BCUT2D eigenvalue weighted by atomic mass is 10.0. The molecule has 81 heavy (non-hydrogen) atoms. The van der Waals surface area contributed by atoms with E-state index in [2.05, 4.69) is 45.1 Å². The molecule has 0 saturated carbocycles. The minimum absolute atomic E-state index is 0.0721. The third-order valence-electron chi connectivity index (χ3n) is 16.9. The van der Waals surface area contributed by atoms with Crippen LogP contribution in [0.1, 0.15) is 419 Å². The summed E-state index contributed by atoms with van der Waals surface area (Å²) in [6, 6.07) is 0. The molecule has 0 radical (unpaired) electrons. The first-order valence-corrected chi connectivity index (χ1v) is 36.8. The van der Waals surface area contributed by atoms with Crippen LogP contribution in [0.5, 0.6) is 0 Å². The Morgan fingerprint density at radius 2 is 0.407 bits per heavy atom. The van der Waals surface area contributed by atoms with Crippen molar-refractivity contribution in [1.82, 2.24) is 0 Å². The van der Waals surface area contributed by atoms with Gasteiger partial charge in [-0.1, -0.05) is 353 Å². The van der Waals surface area contributed by atoms with E-state index in [0.717, 1.165) is 70.6 Å². The number of unbranched alkanes of at least 4 members (excludes halogenated alkanes) is 54. The Hall–Kier alpha value is -2.11. The fourth-order valence-electron chi connectivity index (χ4n) is 11.4. The Morgan fingerprint density at radius 1 is 0.235 bits per heavy atom. The SMILES string of the molecule is CCCCCCCC/C=C\CCCCCCCC(=O)OCC(COC(=O)CCCCCCCCCCCCCCCCCCCCCCCCCCCCCCCCCC)OC(=O)CCCCCCC/C=C\CCCCCCCCC. The van der Waals surface area contributed by atoms with Crippen LogP contribution in [0.3, 0.4) is 0 Å². The van der Waals surface area contributed by atoms with Gasteiger partial charge in [-0.2, -0.15) is 0 Å². The van der Waals surface area contributed by atoms with Gasteiger partial charge < -0.3 is 14.2 Å². The first-order chi connectivity index (χ1) is 40.0. The van der Waals surface area contributed by atoms with Crippen LogP contribution in [0.15, 0.2) is 24.3 Å². The van der Waals surface area contributed by atoms with Crippen LogP contribution in [-0.2, 0) is 28.6 Å². The van der Waals surface area contributed by atoms with E-state index in [0.29, 0.717) is 19.3 Å². The van der Waals surface area contributed by atoms with Gasteiger partial charge in [-0.05, 0) is 70.6 Å². The van der Waals surface area contributed by atoms with Gasteiger partial charge in [-0.15, -0.1) is 0 Å². The molecule has 0 aromatic rings. The lowest BCUT2D eigenvalue weighted by Gasteiger charge is -2.18. The molecule has 6 heteroatoms. The fraction of sp³-hybridized carbons (Fsp3) is 0.907. The number of carbonyl (C=O) groups excluding carboxylic acids is 3. The van der Waals surface area contributed by atoms with Crippen molar-refractivity contribution in [2.45, 2.75) is 425 Å². The van der Waals surface area contributed by atoms with Crippen LogP contribution in [-0.4, -0.2) is 37.2 Å². The van der Waals surface area contributed by atoms with Gasteiger partial charge >= 0.3 is 17.9 Å². The van der Waals surface area contributed by atoms with Crippen LogP contribution in [0.2, 0.25) is 0 Å². The van der Waals surface area contributed by atoms with Crippen molar-refractivity contribution in [2.75, 3.05) is 13.2 Å². The molecule has 0 rings (SSSR count). The summed E-state index contributed by atoms with van der Waals surface area (Å²) in [4.78, 5) is 38.4. The van der Waals surface area contributed by atoms with Crippen LogP contribution in [0.4, 0.5) is 0 Å². The number of hydrogen-bond acceptors (Lipinski definition) is 6. The second kappa shape index (κ2) is 70.4. The molecule has 0 saturated heterocycles. The molecule has 0 aliphatic carbocycles. The predicted octanol–water partition coefficient (Wildman–Crippen LogP) is 25.3. The largest absolute Gasteiger partial charge is 0.462 e. The molecule has 0 aliphatic rings. The van der Waals surface area contributed by atoms with Gasteiger partial charge in [0.15, 0.2) is 6.10 Å². The minimum Gasteiger partial charge on any atom is -0.462 e. The molecule has 1 unspecified atom stereocenters. The van der Waals surface area contributed by atoms with E-state index in [-0.39, 0.29) is 31.1 Å². The van der Waals surface area contributed by atoms with E-state index in [1.807, 2.05) is 0 Å². The van der Waals surface area contributed by atoms with Crippen LogP contribution in [0, 0.1) is 0 Å². The second-order valence-corrected chi connectivity index (χ2v) is 25.2. The number of rotatable bonds is 69. The number of carbonyl (C=O) groups is 3. The topological polar surface area (TPSA) is 78.9 Å². The van der Waals surface area contributed by atoms with Crippen molar-refractivity contribution in [1.29, 1.82) is 0 Å². The summed E-state index contributed by atoms with van der Waals surface area (Å²) < 4.78 is 17.0. The second-order valence-electron chi connectivity index (χ2n) is 25.2. The lowest BCUT2D eigenvalue weighted by molar-refractivity contribution is -0.167. The van der Waals surface area contributed by atoms with Gasteiger partial charge in [-0.3, -0.25) is 14.4 Å². The zero-order chi connectivity index (χ0) is 58.5. The van der Waals surface area contributed by atoms with E-state index < -0.39 is 6.10 Å². The average molecular weight is 1140 g/mol. The molecule has 6 nitrogen and oxygen atoms in total. The van der Waals surface area contributed by atoms with Gasteiger partial charge in [-0.25, -0.2) is 0 Å². The van der Waals surface area contributed by atoms with Crippen LogP contribution in [0.25, 0.3) is 0 Å². The van der Waals surface area contributed by atoms with Crippen molar-refractivity contribution >= 4 is 17.9 Å². The first-order valence-electron chi connectivity index (χ1n) is 36.8. The van der Waals surface area contributed by atoms with Crippen molar-refractivity contribution in [2.24, 2.45) is 0 Å². The van der Waals surface area contributed by atoms with Crippen molar-refractivity contribution in [3.05, 3.63) is 24.3 Å². The van der Waals surface area contributed by atoms with E-state index in [1.165, 1.54) is 308 Å². The van der Waals surface area contributed by atoms with Gasteiger partial charge in [0, 0.05) is 19.3 Å². The summed E-state index contributed by atoms with van der Waals surface area (Å²) in [5.74, 6) is -0.859. The number of esters is 3. The Morgan fingerprint density at radius 3 is 0.617 bits per heavy atom. The van der Waals surface area contributed by atoms with Crippen molar-refractivity contribution in [3.63, 3.8) is 0 Å². The molecule has 478 valence electrons. The predicted molar refractivity (Wildman–Crippen MR) is 353 cm³/mol. The van der Waals surface area contributed by atoms with Gasteiger partial charge in [0.25, 0.3) is 0 Å². The number of hydrogen-bond donors (Lipinski definition) is 0. The maximum Gasteiger partial charge on any atom is 0.306 e. The highest BCUT2D eigenvalue weighted by atomic mass is 16.6. The maximum atomic E-state index is 12.9. The molecule has 0 heterocycles. The summed E-state index contributed by atoms with van der Waals surface area (Å²) in [5, 5.41) is 0. The Bertz CT molecular complexity index is 1310. The van der Waals surface area contributed by atoms with Gasteiger partial charge in [0.1, 0.15) is 13.2 Å². The van der Waals surface area contributed by atoms with E-state index in [4.69, 9.17) is 14.2 Å². The quantitative estimate of drug-likeness (QED) is 0.0261. The highest BCUT2D eigenvalue weighted by Crippen LogP contribution is 2.19. The summed E-state index contributed by atoms with van der Waals surface area (Å²) in [5.41, 5.74) is 0. The third-order valence-corrected chi connectivity index (χ3v) is 16.9. The van der Waals surface area contributed by atoms with Crippen LogP contribution < -0.4 is 0 Å². The molecule has 1 atom stereocenters. The smallest absolute Gasteiger partial charge is 0.306 e. The molecule has 0 fully saturated rings. The van der Waals surface area contributed by atoms with Gasteiger partial charge in [0.05, 0.1) is 0 Å². The monoisotopic (exact) mass is 1140 g/mol. The molecular formula is C75H142O6. The molecule has 0 aromatic heterocycles. The summed E-state index contributed by atoms with van der Waals surface area (Å²) in [6.07, 6.45) is 86.6. The minimum atomic E-state index is -0.777. The lowest BCUT2D eigenvalue weighted by Crippen LogP contribution is -2.30. The van der Waals surface area contributed by atoms with Crippen molar-refractivity contribution in [3.8, 4) is 0 Å². The third kappa shape index (κ3) is 68.6.